The molecule has 37 heavy (non-hydrogen) atoms. The van der Waals surface area contributed by atoms with Crippen molar-refractivity contribution in [2.75, 3.05) is 34.9 Å². The zero-order valence-electron chi connectivity index (χ0n) is 21.9. The molecule has 7 nitrogen and oxygen atoms in total. The van der Waals surface area contributed by atoms with Crippen molar-refractivity contribution >= 4 is 10.9 Å². The second-order valence-electron chi connectivity index (χ2n) is 9.49. The third-order valence-electron chi connectivity index (χ3n) is 6.68. The number of ether oxygens (including phenoxy) is 2. The lowest BCUT2D eigenvalue weighted by Crippen LogP contribution is -2.38. The number of benzene rings is 2. The molecule has 2 heterocycles. The van der Waals surface area contributed by atoms with E-state index >= 15 is 0 Å². The van der Waals surface area contributed by atoms with Crippen LogP contribution in [0.2, 0.25) is 0 Å². The van der Waals surface area contributed by atoms with Gasteiger partial charge in [-0.3, -0.25) is 0 Å². The number of hydrogen-bond donors (Lipinski definition) is 1. The first kappa shape index (κ1) is 26.1. The highest BCUT2D eigenvalue weighted by Crippen LogP contribution is 2.49. The van der Waals surface area contributed by atoms with Crippen molar-refractivity contribution in [3.63, 3.8) is 0 Å². The minimum Gasteiger partial charge on any atom is -0.481 e. The summed E-state index contributed by atoms with van der Waals surface area (Å²) in [4.78, 5) is 11.3. The molecule has 0 unspecified atom stereocenters. The number of aryl methyl sites for hydroxylation is 1. The summed E-state index contributed by atoms with van der Waals surface area (Å²) < 4.78 is 11.5. The number of methoxy groups -OCH3 is 2. The predicted molar refractivity (Wildman–Crippen MR) is 144 cm³/mol. The normalized spacial score (nSPS) is 13.7. The number of nitrogens with zero attached hydrogens (tertiary/aromatic N) is 4. The first-order valence-corrected chi connectivity index (χ1v) is 12.1. The van der Waals surface area contributed by atoms with Crippen LogP contribution in [-0.2, 0) is 5.60 Å². The highest BCUT2D eigenvalue weighted by atomic mass is 16.5. The quantitative estimate of drug-likeness (QED) is 0.356. The van der Waals surface area contributed by atoms with Gasteiger partial charge in [0.05, 0.1) is 37.3 Å². The minimum atomic E-state index is -1.37. The van der Waals surface area contributed by atoms with Crippen molar-refractivity contribution in [1.82, 2.24) is 14.9 Å². The van der Waals surface area contributed by atoms with E-state index in [2.05, 4.69) is 11.1 Å². The van der Waals surface area contributed by atoms with Gasteiger partial charge in [-0.2, -0.15) is 5.26 Å². The predicted octanol–water partition coefficient (Wildman–Crippen LogP) is 4.80. The Kier molecular flexibility index (Phi) is 7.72. The van der Waals surface area contributed by atoms with E-state index in [0.717, 1.165) is 16.5 Å². The minimum absolute atomic E-state index is 0.393. The summed E-state index contributed by atoms with van der Waals surface area (Å²) in [5.74, 6) is 0.163. The summed E-state index contributed by atoms with van der Waals surface area (Å²) in [6.07, 6.45) is 2.09. The molecule has 2 aromatic carbocycles. The summed E-state index contributed by atoms with van der Waals surface area (Å²) >= 11 is 0. The smallest absolute Gasteiger partial charge is 0.217 e. The van der Waals surface area contributed by atoms with Gasteiger partial charge in [-0.1, -0.05) is 35.9 Å². The van der Waals surface area contributed by atoms with Gasteiger partial charge in [0.25, 0.3) is 0 Å². The molecule has 190 valence electrons. The van der Waals surface area contributed by atoms with Crippen LogP contribution >= 0.6 is 0 Å². The van der Waals surface area contributed by atoms with E-state index in [1.54, 1.807) is 38.6 Å². The highest BCUT2D eigenvalue weighted by Gasteiger charge is 2.44. The van der Waals surface area contributed by atoms with E-state index in [9.17, 15) is 10.4 Å². The van der Waals surface area contributed by atoms with Gasteiger partial charge < -0.3 is 19.5 Å². The Bertz CT molecular complexity index is 1450. The van der Waals surface area contributed by atoms with Gasteiger partial charge >= 0.3 is 0 Å². The maximum Gasteiger partial charge on any atom is 0.217 e. The summed E-state index contributed by atoms with van der Waals surface area (Å²) in [5.41, 5.74) is 3.06. The van der Waals surface area contributed by atoms with Gasteiger partial charge in [0, 0.05) is 29.3 Å². The molecule has 2 atom stereocenters. The lowest BCUT2D eigenvalue weighted by atomic mass is 9.71. The highest BCUT2D eigenvalue weighted by molar-refractivity contribution is 5.82. The molecular weight excluding hydrogens is 464 g/mol. The first-order chi connectivity index (χ1) is 17.8. The largest absolute Gasteiger partial charge is 0.481 e. The molecule has 0 amide bonds. The Morgan fingerprint density at radius 2 is 1.78 bits per heavy atom. The van der Waals surface area contributed by atoms with E-state index in [0.29, 0.717) is 46.9 Å². The topological polar surface area (TPSA) is 91.5 Å². The van der Waals surface area contributed by atoms with Gasteiger partial charge in [-0.25, -0.2) is 9.97 Å². The van der Waals surface area contributed by atoms with Crippen LogP contribution in [0.25, 0.3) is 10.9 Å². The maximum absolute atomic E-state index is 12.8. The molecule has 0 radical (unpaired) electrons. The van der Waals surface area contributed by atoms with E-state index in [-0.39, 0.29) is 0 Å². The molecule has 0 aliphatic carbocycles. The summed E-state index contributed by atoms with van der Waals surface area (Å²) in [6.45, 7) is 2.64. The van der Waals surface area contributed by atoms with Gasteiger partial charge in [0.1, 0.15) is 5.60 Å². The SMILES string of the molecule is COc1ncccc1[C@H](c1cc2cc(C#N)ccc2nc1OC)[C@@](O)(CCN(C)C)c1cccc(C)c1. The van der Waals surface area contributed by atoms with Gasteiger partial charge in [0.2, 0.25) is 11.8 Å². The van der Waals surface area contributed by atoms with Crippen LogP contribution in [0.15, 0.2) is 66.9 Å². The molecular formula is C30H32N4O3. The van der Waals surface area contributed by atoms with Crippen LogP contribution in [0, 0.1) is 18.3 Å². The van der Waals surface area contributed by atoms with E-state index in [4.69, 9.17) is 14.5 Å². The zero-order valence-corrected chi connectivity index (χ0v) is 21.9. The van der Waals surface area contributed by atoms with Crippen LogP contribution in [-0.4, -0.2) is 54.8 Å². The fraction of sp³-hybridized carbons (Fsp3) is 0.300. The molecule has 0 saturated heterocycles. The number of aromatic nitrogens is 2. The Morgan fingerprint density at radius 1 is 1.00 bits per heavy atom. The summed E-state index contributed by atoms with van der Waals surface area (Å²) in [7, 11) is 7.11. The molecule has 0 fully saturated rings. The fourth-order valence-corrected chi connectivity index (χ4v) is 4.85. The van der Waals surface area contributed by atoms with Crippen molar-refractivity contribution < 1.29 is 14.6 Å². The molecule has 0 spiro atoms. The number of aliphatic hydroxyl groups is 1. The molecule has 2 aromatic heterocycles. The zero-order chi connectivity index (χ0) is 26.6. The van der Waals surface area contributed by atoms with Crippen molar-refractivity contribution in [3.8, 4) is 17.8 Å². The number of hydrogen-bond acceptors (Lipinski definition) is 7. The summed E-state index contributed by atoms with van der Waals surface area (Å²) in [5, 5.41) is 23.1. The number of nitriles is 1. The number of fused-ring (bicyclic) bond motifs is 1. The molecule has 7 heteroatoms. The van der Waals surface area contributed by atoms with Crippen LogP contribution in [0.1, 0.15) is 40.2 Å². The van der Waals surface area contributed by atoms with Crippen molar-refractivity contribution in [3.05, 3.63) is 94.7 Å². The molecule has 4 rings (SSSR count). The number of rotatable bonds is 9. The Balaban J connectivity index is 2.08. The second kappa shape index (κ2) is 11.0. The second-order valence-corrected chi connectivity index (χ2v) is 9.49. The van der Waals surface area contributed by atoms with Crippen LogP contribution in [0.4, 0.5) is 0 Å². The molecule has 0 saturated carbocycles. The monoisotopic (exact) mass is 496 g/mol. The maximum atomic E-state index is 12.8. The van der Waals surface area contributed by atoms with E-state index < -0.39 is 11.5 Å². The fourth-order valence-electron chi connectivity index (χ4n) is 4.85. The average molecular weight is 497 g/mol. The lowest BCUT2D eigenvalue weighted by molar-refractivity contribution is 0.00303. The van der Waals surface area contributed by atoms with E-state index in [1.807, 2.05) is 68.4 Å². The van der Waals surface area contributed by atoms with Gasteiger partial charge in [-0.05, 0) is 63.3 Å². The van der Waals surface area contributed by atoms with Gasteiger partial charge in [-0.15, -0.1) is 0 Å². The Morgan fingerprint density at radius 3 is 2.46 bits per heavy atom. The standard InChI is InChI=1S/C30H32N4O3/c1-20-8-6-9-23(16-20)30(35,13-15-34(2)3)27(24-10-7-14-32-28(24)36-4)25-18-22-17-21(19-31)11-12-26(22)33-29(25)37-5/h6-12,14,16-18,27,35H,13,15H2,1-5H3/t27-,30-/m1/s1. The van der Waals surface area contributed by atoms with Crippen LogP contribution in [0.3, 0.4) is 0 Å². The molecule has 4 aromatic rings. The summed E-state index contributed by atoms with van der Waals surface area (Å²) in [6, 6.07) is 21.2. The molecule has 0 aliphatic rings. The first-order valence-electron chi connectivity index (χ1n) is 12.1. The molecule has 0 aliphatic heterocycles. The third-order valence-corrected chi connectivity index (χ3v) is 6.68. The van der Waals surface area contributed by atoms with Crippen molar-refractivity contribution in [1.29, 1.82) is 5.26 Å². The van der Waals surface area contributed by atoms with Crippen molar-refractivity contribution in [2.45, 2.75) is 24.9 Å². The van der Waals surface area contributed by atoms with E-state index in [1.165, 1.54) is 0 Å². The lowest BCUT2D eigenvalue weighted by Gasteiger charge is -2.39. The van der Waals surface area contributed by atoms with Crippen LogP contribution in [0.5, 0.6) is 11.8 Å². The Hall–Kier alpha value is -3.99. The average Bonchev–Trinajstić information content (AvgIpc) is 2.91. The number of pyridine rings is 2. The Labute approximate surface area is 217 Å². The van der Waals surface area contributed by atoms with Gasteiger partial charge in [0.15, 0.2) is 0 Å². The molecule has 1 N–H and O–H groups in total. The third kappa shape index (κ3) is 5.26. The van der Waals surface area contributed by atoms with Crippen molar-refractivity contribution in [2.24, 2.45) is 0 Å². The van der Waals surface area contributed by atoms with Crippen LogP contribution < -0.4 is 9.47 Å². The molecule has 0 bridgehead atoms.